The summed E-state index contributed by atoms with van der Waals surface area (Å²) in [6, 6.07) is 13.3. The van der Waals surface area contributed by atoms with Crippen molar-refractivity contribution >= 4 is 11.6 Å². The average molecular weight is 246 g/mol. The van der Waals surface area contributed by atoms with Gasteiger partial charge in [-0.05, 0) is 30.3 Å². The summed E-state index contributed by atoms with van der Waals surface area (Å²) in [6.07, 6.45) is 0. The number of hydrogen-bond donors (Lipinski definition) is 1. The fraction of sp³-hybridized carbons (Fsp3) is 0. The van der Waals surface area contributed by atoms with Crippen LogP contribution in [0.5, 0.6) is 17.2 Å². The molecule has 0 saturated carbocycles. The number of halogens is 1. The Morgan fingerprint density at radius 1 is 1.12 bits per heavy atom. The lowest BCUT2D eigenvalue weighted by atomic mass is 10.2. The first-order valence-electron chi connectivity index (χ1n) is 4.86. The second-order valence-electron chi connectivity index (χ2n) is 3.32. The van der Waals surface area contributed by atoms with Crippen molar-refractivity contribution in [1.29, 1.82) is 5.26 Å². The lowest BCUT2D eigenvalue weighted by Crippen LogP contribution is -1.88. The molecule has 84 valence electrons. The molecule has 2 aromatic carbocycles. The summed E-state index contributed by atoms with van der Waals surface area (Å²) < 4.78 is 5.46. The number of rotatable bonds is 2. The highest BCUT2D eigenvalue weighted by atomic mass is 35.5. The van der Waals surface area contributed by atoms with Gasteiger partial charge in [-0.3, -0.25) is 0 Å². The SMILES string of the molecule is N#Cc1cc(Cl)ccc1Oc1ccccc1O. The number of hydrogen-bond acceptors (Lipinski definition) is 3. The van der Waals surface area contributed by atoms with Crippen molar-refractivity contribution in [2.75, 3.05) is 0 Å². The van der Waals surface area contributed by atoms with Gasteiger partial charge in [0.2, 0.25) is 0 Å². The highest BCUT2D eigenvalue weighted by Crippen LogP contribution is 2.32. The zero-order valence-corrected chi connectivity index (χ0v) is 9.48. The molecule has 0 aliphatic carbocycles. The number of nitrogens with zero attached hydrogens (tertiary/aromatic N) is 1. The Hall–Kier alpha value is -2.18. The monoisotopic (exact) mass is 245 g/mol. The van der Waals surface area contributed by atoms with Crippen LogP contribution >= 0.6 is 11.6 Å². The quantitative estimate of drug-likeness (QED) is 0.878. The topological polar surface area (TPSA) is 53.2 Å². The Kier molecular flexibility index (Phi) is 3.17. The molecular formula is C13H8ClNO2. The third-order valence-electron chi connectivity index (χ3n) is 2.15. The van der Waals surface area contributed by atoms with Crippen LogP contribution in [-0.2, 0) is 0 Å². The average Bonchev–Trinajstić information content (AvgIpc) is 2.34. The third-order valence-corrected chi connectivity index (χ3v) is 2.38. The first-order valence-corrected chi connectivity index (χ1v) is 5.24. The van der Waals surface area contributed by atoms with E-state index in [1.165, 1.54) is 12.1 Å². The van der Waals surface area contributed by atoms with E-state index in [0.29, 0.717) is 22.1 Å². The Labute approximate surface area is 103 Å². The highest BCUT2D eigenvalue weighted by molar-refractivity contribution is 6.30. The number of para-hydroxylation sites is 2. The Morgan fingerprint density at radius 2 is 1.88 bits per heavy atom. The van der Waals surface area contributed by atoms with Gasteiger partial charge in [-0.15, -0.1) is 0 Å². The molecule has 0 atom stereocenters. The van der Waals surface area contributed by atoms with Crippen LogP contribution in [0.25, 0.3) is 0 Å². The molecule has 0 aromatic heterocycles. The van der Waals surface area contributed by atoms with E-state index in [9.17, 15) is 5.11 Å². The molecule has 2 aromatic rings. The van der Waals surface area contributed by atoms with Crippen LogP contribution in [-0.4, -0.2) is 5.11 Å². The van der Waals surface area contributed by atoms with E-state index in [2.05, 4.69) is 0 Å². The van der Waals surface area contributed by atoms with Crippen LogP contribution in [0.1, 0.15) is 5.56 Å². The predicted molar refractivity (Wildman–Crippen MR) is 64.3 cm³/mol. The lowest BCUT2D eigenvalue weighted by Gasteiger charge is -2.08. The molecule has 0 fully saturated rings. The van der Waals surface area contributed by atoms with Crippen molar-refractivity contribution in [3.8, 4) is 23.3 Å². The molecule has 1 N–H and O–H groups in total. The van der Waals surface area contributed by atoms with Gasteiger partial charge >= 0.3 is 0 Å². The van der Waals surface area contributed by atoms with E-state index in [0.717, 1.165) is 0 Å². The molecule has 0 bridgehead atoms. The number of ether oxygens (including phenoxy) is 1. The zero-order valence-electron chi connectivity index (χ0n) is 8.72. The van der Waals surface area contributed by atoms with E-state index >= 15 is 0 Å². The van der Waals surface area contributed by atoms with Crippen LogP contribution < -0.4 is 4.74 Å². The van der Waals surface area contributed by atoms with Crippen LogP contribution in [0, 0.1) is 11.3 Å². The minimum Gasteiger partial charge on any atom is -0.504 e. The maximum atomic E-state index is 9.56. The maximum absolute atomic E-state index is 9.56. The summed E-state index contributed by atoms with van der Waals surface area (Å²) in [7, 11) is 0. The standard InChI is InChI=1S/C13H8ClNO2/c14-10-5-6-12(9(7-10)8-15)17-13-4-2-1-3-11(13)16/h1-7,16H. The summed E-state index contributed by atoms with van der Waals surface area (Å²) in [5, 5.41) is 19.0. The van der Waals surface area contributed by atoms with Gasteiger partial charge in [0.25, 0.3) is 0 Å². The van der Waals surface area contributed by atoms with Crippen molar-refractivity contribution in [1.82, 2.24) is 0 Å². The maximum Gasteiger partial charge on any atom is 0.169 e. The molecule has 0 spiro atoms. The van der Waals surface area contributed by atoms with Gasteiger partial charge in [-0.25, -0.2) is 0 Å². The zero-order chi connectivity index (χ0) is 12.3. The van der Waals surface area contributed by atoms with Gasteiger partial charge in [-0.1, -0.05) is 23.7 Å². The minimum atomic E-state index is 0.0198. The van der Waals surface area contributed by atoms with Crippen LogP contribution in [0.15, 0.2) is 42.5 Å². The van der Waals surface area contributed by atoms with E-state index < -0.39 is 0 Å². The molecule has 0 aliphatic heterocycles. The largest absolute Gasteiger partial charge is 0.504 e. The summed E-state index contributed by atoms with van der Waals surface area (Å²) >= 11 is 5.77. The first-order chi connectivity index (χ1) is 8.20. The first kappa shape index (κ1) is 11.3. The van der Waals surface area contributed by atoms with Crippen molar-refractivity contribution < 1.29 is 9.84 Å². The van der Waals surface area contributed by atoms with Crippen molar-refractivity contribution in [2.24, 2.45) is 0 Å². The van der Waals surface area contributed by atoms with Gasteiger partial charge in [0.05, 0.1) is 5.56 Å². The second kappa shape index (κ2) is 4.77. The minimum absolute atomic E-state index is 0.0198. The van der Waals surface area contributed by atoms with Crippen LogP contribution in [0.3, 0.4) is 0 Å². The van der Waals surface area contributed by atoms with Gasteiger partial charge < -0.3 is 9.84 Å². The Balaban J connectivity index is 2.37. The Morgan fingerprint density at radius 3 is 2.59 bits per heavy atom. The molecular weight excluding hydrogens is 238 g/mol. The molecule has 17 heavy (non-hydrogen) atoms. The fourth-order valence-electron chi connectivity index (χ4n) is 1.34. The Bertz CT molecular complexity index is 590. The van der Waals surface area contributed by atoms with Crippen molar-refractivity contribution in [3.63, 3.8) is 0 Å². The summed E-state index contributed by atoms with van der Waals surface area (Å²) in [5.74, 6) is 0.677. The van der Waals surface area contributed by atoms with E-state index in [1.54, 1.807) is 30.3 Å². The van der Waals surface area contributed by atoms with E-state index in [-0.39, 0.29) is 5.75 Å². The highest BCUT2D eigenvalue weighted by Gasteiger charge is 2.07. The van der Waals surface area contributed by atoms with Crippen molar-refractivity contribution in [2.45, 2.75) is 0 Å². The van der Waals surface area contributed by atoms with Crippen molar-refractivity contribution in [3.05, 3.63) is 53.1 Å². The van der Waals surface area contributed by atoms with E-state index in [4.69, 9.17) is 21.6 Å². The van der Waals surface area contributed by atoms with E-state index in [1.807, 2.05) is 6.07 Å². The smallest absolute Gasteiger partial charge is 0.169 e. The number of benzene rings is 2. The number of nitriles is 1. The van der Waals surface area contributed by atoms with Gasteiger partial charge in [0.15, 0.2) is 11.5 Å². The predicted octanol–water partition coefficient (Wildman–Crippen LogP) is 3.71. The molecule has 3 nitrogen and oxygen atoms in total. The van der Waals surface area contributed by atoms with Gasteiger partial charge in [-0.2, -0.15) is 5.26 Å². The summed E-state index contributed by atoms with van der Waals surface area (Å²) in [6.45, 7) is 0. The normalized spacial score (nSPS) is 9.65. The fourth-order valence-corrected chi connectivity index (χ4v) is 1.51. The van der Waals surface area contributed by atoms with Crippen LogP contribution in [0.2, 0.25) is 5.02 Å². The molecule has 0 saturated heterocycles. The summed E-state index contributed by atoms with van der Waals surface area (Å²) in [4.78, 5) is 0. The summed E-state index contributed by atoms with van der Waals surface area (Å²) in [5.41, 5.74) is 0.320. The third kappa shape index (κ3) is 2.49. The molecule has 0 radical (unpaired) electrons. The molecule has 2 rings (SSSR count). The molecule has 0 amide bonds. The molecule has 4 heteroatoms. The lowest BCUT2D eigenvalue weighted by molar-refractivity contribution is 0.410. The second-order valence-corrected chi connectivity index (χ2v) is 3.76. The van der Waals surface area contributed by atoms with Crippen LogP contribution in [0.4, 0.5) is 0 Å². The van der Waals surface area contributed by atoms with Gasteiger partial charge in [0.1, 0.15) is 11.8 Å². The number of aromatic hydroxyl groups is 1. The van der Waals surface area contributed by atoms with Gasteiger partial charge in [0, 0.05) is 5.02 Å². The number of phenols is 1. The molecule has 0 aliphatic rings. The number of phenolic OH excluding ortho intramolecular Hbond substituents is 1. The molecule has 0 heterocycles. The molecule has 0 unspecified atom stereocenters.